The number of carbonyl (C=O) groups excluding carboxylic acids is 1. The number of nitrogens with zero attached hydrogens (tertiary/aromatic N) is 5. The van der Waals surface area contributed by atoms with E-state index in [9.17, 15) is 18.0 Å². The van der Waals surface area contributed by atoms with Crippen molar-refractivity contribution in [2.75, 3.05) is 39.4 Å². The van der Waals surface area contributed by atoms with E-state index in [1.165, 1.54) is 6.33 Å². The smallest absolute Gasteiger partial charge is 0.405 e. The summed E-state index contributed by atoms with van der Waals surface area (Å²) >= 11 is 1.56. The number of alkyl halides is 3. The molecule has 1 fully saturated rings. The lowest BCUT2D eigenvalue weighted by Gasteiger charge is -2.43. The summed E-state index contributed by atoms with van der Waals surface area (Å²) < 4.78 is 60.5. The van der Waals surface area contributed by atoms with Crippen molar-refractivity contribution in [1.29, 1.82) is 0 Å². The van der Waals surface area contributed by atoms with Crippen LogP contribution in [0.3, 0.4) is 0 Å². The van der Waals surface area contributed by atoms with E-state index in [2.05, 4.69) is 71.8 Å². The lowest BCUT2D eigenvalue weighted by molar-refractivity contribution is -0.173. The standard InChI is InChI=1S/C37H43F3N6O4SSi/c1-36(2,3)52(27-15-9-7-10-16-27,28-17-11-8-12-18-28)49-22-30-29(48-25-51-6)20-31(50-30)46-21-26(14-13-19-41-35(47)37(38,39)40)32-33(44-24-45(4)5)42-23-43-34(32)46/h7-12,15-18,21,23-24,29-31H,19-20,22,25H2,1-6H3,(H,41,47). The summed E-state index contributed by atoms with van der Waals surface area (Å²) in [4.78, 5) is 26.5. The summed E-state index contributed by atoms with van der Waals surface area (Å²) in [5, 5.41) is 4.34. The molecule has 1 aliphatic rings. The van der Waals surface area contributed by atoms with E-state index >= 15 is 0 Å². The summed E-state index contributed by atoms with van der Waals surface area (Å²) in [5.41, 5.74) is 0.895. The number of nitrogens with one attached hydrogen (secondary N) is 1. The van der Waals surface area contributed by atoms with Crippen LogP contribution in [-0.4, -0.2) is 97.8 Å². The van der Waals surface area contributed by atoms with Crippen molar-refractivity contribution in [2.24, 2.45) is 4.99 Å². The molecule has 52 heavy (non-hydrogen) atoms. The van der Waals surface area contributed by atoms with Gasteiger partial charge >= 0.3 is 12.1 Å². The van der Waals surface area contributed by atoms with Crippen LogP contribution in [-0.2, 0) is 18.7 Å². The Bertz CT molecular complexity index is 1870. The molecule has 0 bridgehead atoms. The Balaban J connectivity index is 1.51. The average molecular weight is 753 g/mol. The molecular formula is C37H43F3N6O4SSi. The van der Waals surface area contributed by atoms with Gasteiger partial charge in [0.2, 0.25) is 0 Å². The van der Waals surface area contributed by atoms with E-state index in [1.54, 1.807) is 34.5 Å². The number of amides is 1. The van der Waals surface area contributed by atoms with Gasteiger partial charge in [0.05, 0.1) is 42.5 Å². The van der Waals surface area contributed by atoms with E-state index in [0.29, 0.717) is 34.8 Å². The molecule has 3 heterocycles. The van der Waals surface area contributed by atoms with Crippen molar-refractivity contribution in [3.05, 3.63) is 78.8 Å². The lowest BCUT2D eigenvalue weighted by Crippen LogP contribution is -2.67. The monoisotopic (exact) mass is 752 g/mol. The fraction of sp³-hybridized carbons (Fsp3) is 0.405. The minimum atomic E-state index is -5.01. The van der Waals surface area contributed by atoms with Gasteiger partial charge in [-0.1, -0.05) is 93.3 Å². The summed E-state index contributed by atoms with van der Waals surface area (Å²) in [6.07, 6.45) is 0.801. The molecule has 2 aromatic heterocycles. The highest BCUT2D eigenvalue weighted by Crippen LogP contribution is 2.40. The Morgan fingerprint density at radius 3 is 2.35 bits per heavy atom. The number of aliphatic imine (C=N–C) groups is 1. The van der Waals surface area contributed by atoms with Gasteiger partial charge in [0.15, 0.2) is 5.82 Å². The number of rotatable bonds is 12. The first-order valence-corrected chi connectivity index (χ1v) is 20.0. The third-order valence-electron chi connectivity index (χ3n) is 8.59. The van der Waals surface area contributed by atoms with Gasteiger partial charge in [-0.05, 0) is 21.7 Å². The van der Waals surface area contributed by atoms with E-state index in [4.69, 9.17) is 13.9 Å². The molecule has 0 aliphatic carbocycles. The van der Waals surface area contributed by atoms with Crippen molar-refractivity contribution in [2.45, 2.75) is 56.8 Å². The van der Waals surface area contributed by atoms with Gasteiger partial charge in [0, 0.05) is 26.7 Å². The number of benzene rings is 2. The Hall–Kier alpha value is -4.20. The first kappa shape index (κ1) is 39.0. The highest BCUT2D eigenvalue weighted by Gasteiger charge is 2.51. The molecule has 1 saturated heterocycles. The first-order valence-electron chi connectivity index (χ1n) is 16.7. The minimum absolute atomic E-state index is 0.243. The van der Waals surface area contributed by atoms with E-state index < -0.39 is 39.3 Å². The molecule has 276 valence electrons. The SMILES string of the molecule is CSCOC1CC(n2cc(C#CCNC(=O)C(F)(F)F)c3c(N=CN(C)C)ncnc32)OC1CO[Si](c1ccccc1)(c1ccccc1)C(C)(C)C. The van der Waals surface area contributed by atoms with Gasteiger partial charge in [-0.2, -0.15) is 13.2 Å². The minimum Gasteiger partial charge on any atom is -0.405 e. The fourth-order valence-corrected chi connectivity index (χ4v) is 11.2. The molecule has 2 aromatic carbocycles. The molecule has 0 spiro atoms. The number of thioether (sulfide) groups is 1. The van der Waals surface area contributed by atoms with Crippen molar-refractivity contribution in [3.63, 3.8) is 0 Å². The largest absolute Gasteiger partial charge is 0.471 e. The van der Waals surface area contributed by atoms with Crippen molar-refractivity contribution in [1.82, 2.24) is 24.8 Å². The second-order valence-electron chi connectivity index (χ2n) is 13.5. The zero-order chi connectivity index (χ0) is 37.5. The number of halogens is 3. The maximum absolute atomic E-state index is 12.7. The highest BCUT2D eigenvalue weighted by atomic mass is 32.2. The number of carbonyl (C=O) groups is 1. The second-order valence-corrected chi connectivity index (χ2v) is 18.6. The molecule has 10 nitrogen and oxygen atoms in total. The maximum Gasteiger partial charge on any atom is 0.471 e. The predicted molar refractivity (Wildman–Crippen MR) is 201 cm³/mol. The van der Waals surface area contributed by atoms with Gasteiger partial charge in [-0.3, -0.25) is 4.79 Å². The average Bonchev–Trinajstić information content (AvgIpc) is 3.69. The topological polar surface area (TPSA) is 103 Å². The van der Waals surface area contributed by atoms with Crippen LogP contribution in [0.25, 0.3) is 11.0 Å². The first-order chi connectivity index (χ1) is 24.8. The molecular weight excluding hydrogens is 710 g/mol. The molecule has 5 rings (SSSR count). The molecule has 1 N–H and O–H groups in total. The van der Waals surface area contributed by atoms with Gasteiger partial charge in [-0.25, -0.2) is 15.0 Å². The lowest BCUT2D eigenvalue weighted by atomic mass is 10.2. The van der Waals surface area contributed by atoms with Gasteiger partial charge in [0.1, 0.15) is 24.3 Å². The van der Waals surface area contributed by atoms with Crippen LogP contribution in [0.5, 0.6) is 0 Å². The molecule has 0 saturated carbocycles. The molecule has 1 aliphatic heterocycles. The normalized spacial score (nSPS) is 18.1. The van der Waals surface area contributed by atoms with Crippen LogP contribution in [0.2, 0.25) is 5.04 Å². The fourth-order valence-electron chi connectivity index (χ4n) is 6.34. The van der Waals surface area contributed by atoms with E-state index in [0.717, 1.165) is 10.4 Å². The quantitative estimate of drug-likeness (QED) is 0.0689. The third kappa shape index (κ3) is 8.70. The summed E-state index contributed by atoms with van der Waals surface area (Å²) in [6, 6.07) is 20.8. The Morgan fingerprint density at radius 1 is 1.12 bits per heavy atom. The van der Waals surface area contributed by atoms with Crippen LogP contribution in [0.4, 0.5) is 19.0 Å². The van der Waals surface area contributed by atoms with Crippen molar-refractivity contribution >= 4 is 59.5 Å². The zero-order valence-electron chi connectivity index (χ0n) is 30.0. The Morgan fingerprint density at radius 2 is 1.77 bits per heavy atom. The van der Waals surface area contributed by atoms with Crippen LogP contribution in [0.1, 0.15) is 39.0 Å². The van der Waals surface area contributed by atoms with Crippen LogP contribution >= 0.6 is 11.8 Å². The van der Waals surface area contributed by atoms with Crippen LogP contribution < -0.4 is 15.7 Å². The molecule has 3 atom stereocenters. The van der Waals surface area contributed by atoms with Crippen molar-refractivity contribution < 1.29 is 31.9 Å². The number of hydrogen-bond donors (Lipinski definition) is 1. The number of ether oxygens (including phenoxy) is 2. The number of aromatic nitrogens is 3. The molecule has 3 unspecified atom stereocenters. The molecule has 15 heteroatoms. The van der Waals surface area contributed by atoms with E-state index in [-0.39, 0.29) is 17.7 Å². The van der Waals surface area contributed by atoms with E-state index in [1.807, 2.05) is 61.3 Å². The van der Waals surface area contributed by atoms with Gasteiger partial charge < -0.3 is 28.7 Å². The maximum atomic E-state index is 12.7. The summed E-state index contributed by atoms with van der Waals surface area (Å²) in [6.45, 7) is 6.41. The van der Waals surface area contributed by atoms with Crippen molar-refractivity contribution in [3.8, 4) is 11.8 Å². The second kappa shape index (κ2) is 16.6. The third-order valence-corrected chi connectivity index (χ3v) is 14.0. The van der Waals surface area contributed by atoms with Gasteiger partial charge in [-0.15, -0.1) is 11.8 Å². The van der Waals surface area contributed by atoms with Crippen LogP contribution in [0.15, 0.2) is 78.2 Å². The Kier molecular flexibility index (Phi) is 12.5. The zero-order valence-corrected chi connectivity index (χ0v) is 31.8. The Labute approximate surface area is 307 Å². The number of hydrogen-bond acceptors (Lipinski definition) is 8. The van der Waals surface area contributed by atoms with Gasteiger partial charge in [0.25, 0.3) is 8.32 Å². The molecule has 0 radical (unpaired) electrons. The number of fused-ring (bicyclic) bond motifs is 1. The summed E-state index contributed by atoms with van der Waals surface area (Å²) in [7, 11) is 0.736. The molecule has 1 amide bonds. The summed E-state index contributed by atoms with van der Waals surface area (Å²) in [5.74, 6) is 4.22. The highest BCUT2D eigenvalue weighted by molar-refractivity contribution is 7.98. The van der Waals surface area contributed by atoms with Crippen LogP contribution in [0, 0.1) is 11.8 Å². The predicted octanol–water partition coefficient (Wildman–Crippen LogP) is 5.25. The molecule has 4 aromatic rings.